The van der Waals surface area contributed by atoms with Crippen molar-refractivity contribution in [1.29, 1.82) is 0 Å². The number of carbonyl (C=O) groups is 1. The summed E-state index contributed by atoms with van der Waals surface area (Å²) < 4.78 is 0.888. The third-order valence-electron chi connectivity index (χ3n) is 1.15. The molecule has 1 amide bonds. The van der Waals surface area contributed by atoms with Crippen LogP contribution in [0.2, 0.25) is 0 Å². The van der Waals surface area contributed by atoms with Crippen molar-refractivity contribution in [2.45, 2.75) is 0 Å². The van der Waals surface area contributed by atoms with Gasteiger partial charge in [0.2, 0.25) is 0 Å². The molecule has 0 fully saturated rings. The van der Waals surface area contributed by atoms with Crippen LogP contribution in [0.1, 0.15) is 9.23 Å². The molecule has 1 aromatic rings. The molecular formula is C8H9NOSe. The van der Waals surface area contributed by atoms with Crippen LogP contribution in [-0.2, 0) is 0 Å². The standard InChI is InChI=1S/C8H9NOSe/c1-2-5-9-8(10)7-4-3-6-11-7/h2-4,6H,1,5H2,(H,9,10). The van der Waals surface area contributed by atoms with E-state index < -0.39 is 0 Å². The van der Waals surface area contributed by atoms with E-state index in [0.29, 0.717) is 6.54 Å². The first kappa shape index (κ1) is 8.31. The molecule has 2 nitrogen and oxygen atoms in total. The van der Waals surface area contributed by atoms with Crippen LogP contribution in [-0.4, -0.2) is 27.0 Å². The Kier molecular flexibility index (Phi) is 3.14. The van der Waals surface area contributed by atoms with E-state index in [0.717, 1.165) is 4.44 Å². The van der Waals surface area contributed by atoms with E-state index in [2.05, 4.69) is 11.9 Å². The van der Waals surface area contributed by atoms with E-state index in [4.69, 9.17) is 0 Å². The number of nitrogens with one attached hydrogen (secondary N) is 1. The molecule has 0 aromatic carbocycles. The minimum atomic E-state index is 0.0369. The number of carbonyl (C=O) groups excluding carboxylic acids is 1. The second-order valence-electron chi connectivity index (χ2n) is 1.98. The van der Waals surface area contributed by atoms with Crippen molar-refractivity contribution in [1.82, 2.24) is 5.32 Å². The number of amides is 1. The van der Waals surface area contributed by atoms with Crippen LogP contribution in [0, 0.1) is 0 Å². The molecule has 1 rings (SSSR count). The first-order chi connectivity index (χ1) is 5.34. The summed E-state index contributed by atoms with van der Waals surface area (Å²) in [5, 5.41) is 2.72. The molecule has 0 unspecified atom stereocenters. The Hall–Kier alpha value is -0.791. The molecule has 0 atom stereocenters. The average molecular weight is 214 g/mol. The average Bonchev–Trinajstić information content (AvgIpc) is 2.52. The van der Waals surface area contributed by atoms with E-state index in [1.54, 1.807) is 6.08 Å². The fraction of sp³-hybridized carbons (Fsp3) is 0.125. The molecule has 0 spiro atoms. The van der Waals surface area contributed by atoms with Gasteiger partial charge in [0.1, 0.15) is 0 Å². The zero-order chi connectivity index (χ0) is 8.10. The van der Waals surface area contributed by atoms with Crippen molar-refractivity contribution in [3.05, 3.63) is 34.2 Å². The SMILES string of the molecule is C=CCNC(=O)c1ccc[se]1. The fourth-order valence-electron chi connectivity index (χ4n) is 0.660. The summed E-state index contributed by atoms with van der Waals surface area (Å²) >= 11 is 0.241. The summed E-state index contributed by atoms with van der Waals surface area (Å²) in [5.74, 6) is 0.0369. The fourth-order valence-corrected chi connectivity index (χ4v) is 2.00. The zero-order valence-corrected chi connectivity index (χ0v) is 7.75. The maximum absolute atomic E-state index is 11.2. The van der Waals surface area contributed by atoms with E-state index in [1.807, 2.05) is 17.1 Å². The van der Waals surface area contributed by atoms with Crippen molar-refractivity contribution in [3.8, 4) is 0 Å². The number of hydrogen-bond acceptors (Lipinski definition) is 1. The van der Waals surface area contributed by atoms with Gasteiger partial charge in [-0.15, -0.1) is 0 Å². The van der Waals surface area contributed by atoms with Gasteiger partial charge in [0, 0.05) is 0 Å². The molecule has 58 valence electrons. The molecule has 0 aliphatic rings. The Morgan fingerprint density at radius 1 is 1.82 bits per heavy atom. The van der Waals surface area contributed by atoms with Crippen molar-refractivity contribution < 1.29 is 4.79 Å². The Bertz CT molecular complexity index is 241. The first-order valence-corrected chi connectivity index (χ1v) is 5.11. The van der Waals surface area contributed by atoms with Gasteiger partial charge in [0.15, 0.2) is 0 Å². The monoisotopic (exact) mass is 215 g/mol. The van der Waals surface area contributed by atoms with Gasteiger partial charge >= 0.3 is 71.2 Å². The molecule has 11 heavy (non-hydrogen) atoms. The van der Waals surface area contributed by atoms with Gasteiger partial charge in [-0.2, -0.15) is 0 Å². The van der Waals surface area contributed by atoms with Gasteiger partial charge in [0.25, 0.3) is 0 Å². The molecule has 0 saturated heterocycles. The molecule has 0 saturated carbocycles. The molecule has 0 aliphatic heterocycles. The first-order valence-electron chi connectivity index (χ1n) is 3.27. The van der Waals surface area contributed by atoms with Crippen LogP contribution in [0.25, 0.3) is 0 Å². The maximum atomic E-state index is 11.2. The van der Waals surface area contributed by atoms with Crippen LogP contribution >= 0.6 is 0 Å². The Morgan fingerprint density at radius 3 is 3.18 bits per heavy atom. The van der Waals surface area contributed by atoms with Crippen LogP contribution in [0.3, 0.4) is 0 Å². The van der Waals surface area contributed by atoms with Crippen molar-refractivity contribution in [2.75, 3.05) is 6.54 Å². The van der Waals surface area contributed by atoms with Crippen molar-refractivity contribution in [3.63, 3.8) is 0 Å². The van der Waals surface area contributed by atoms with E-state index in [9.17, 15) is 4.79 Å². The summed E-state index contributed by atoms with van der Waals surface area (Å²) in [7, 11) is 0. The van der Waals surface area contributed by atoms with Gasteiger partial charge in [-0.1, -0.05) is 0 Å². The molecule has 0 bridgehead atoms. The van der Waals surface area contributed by atoms with Gasteiger partial charge in [-0.3, -0.25) is 0 Å². The second-order valence-corrected chi connectivity index (χ2v) is 3.96. The molecule has 1 heterocycles. The van der Waals surface area contributed by atoms with E-state index in [1.165, 1.54) is 0 Å². The summed E-state index contributed by atoms with van der Waals surface area (Å²) in [4.78, 5) is 13.2. The Balaban J connectivity index is 2.49. The topological polar surface area (TPSA) is 29.1 Å². The van der Waals surface area contributed by atoms with Gasteiger partial charge in [-0.25, -0.2) is 0 Å². The number of hydrogen-bond donors (Lipinski definition) is 1. The quantitative estimate of drug-likeness (QED) is 0.581. The van der Waals surface area contributed by atoms with Crippen molar-refractivity contribution >= 4 is 20.4 Å². The molecule has 1 N–H and O–H groups in total. The van der Waals surface area contributed by atoms with Gasteiger partial charge in [0.05, 0.1) is 0 Å². The molecule has 0 aliphatic carbocycles. The van der Waals surface area contributed by atoms with Gasteiger partial charge in [-0.05, 0) is 0 Å². The van der Waals surface area contributed by atoms with E-state index >= 15 is 0 Å². The van der Waals surface area contributed by atoms with Crippen molar-refractivity contribution in [2.24, 2.45) is 0 Å². The predicted molar refractivity (Wildman–Crippen MR) is 45.9 cm³/mol. The van der Waals surface area contributed by atoms with Crippen LogP contribution in [0.5, 0.6) is 0 Å². The summed E-state index contributed by atoms with van der Waals surface area (Å²) in [6, 6.07) is 3.78. The third kappa shape index (κ3) is 2.37. The normalized spacial score (nSPS) is 9.09. The van der Waals surface area contributed by atoms with E-state index in [-0.39, 0.29) is 20.4 Å². The Morgan fingerprint density at radius 2 is 2.64 bits per heavy atom. The minimum absolute atomic E-state index is 0.0369. The van der Waals surface area contributed by atoms with Gasteiger partial charge < -0.3 is 0 Å². The van der Waals surface area contributed by atoms with Crippen LogP contribution in [0.15, 0.2) is 29.7 Å². The van der Waals surface area contributed by atoms with Crippen LogP contribution in [0.4, 0.5) is 0 Å². The number of rotatable bonds is 3. The molecule has 1 aromatic heterocycles. The summed E-state index contributed by atoms with van der Waals surface area (Å²) in [5.41, 5.74) is 0. The molecule has 3 heteroatoms. The predicted octanol–water partition coefficient (Wildman–Crippen LogP) is 0.659. The molecular weight excluding hydrogens is 205 g/mol. The molecule has 0 radical (unpaired) electrons. The Labute approximate surface area is 71.7 Å². The summed E-state index contributed by atoms with van der Waals surface area (Å²) in [6.07, 6.45) is 1.67. The second kappa shape index (κ2) is 4.16. The zero-order valence-electron chi connectivity index (χ0n) is 6.04. The van der Waals surface area contributed by atoms with Crippen LogP contribution < -0.4 is 5.32 Å². The third-order valence-corrected chi connectivity index (χ3v) is 2.97. The summed E-state index contributed by atoms with van der Waals surface area (Å²) in [6.45, 7) is 4.06.